The number of H-pyrrole nitrogens is 1. The van der Waals surface area contributed by atoms with Crippen LogP contribution < -0.4 is 10.5 Å². The second kappa shape index (κ2) is 5.46. The summed E-state index contributed by atoms with van der Waals surface area (Å²) in [4.78, 5) is 3.01. The van der Waals surface area contributed by atoms with Crippen LogP contribution in [0.4, 0.5) is 5.69 Å². The lowest BCUT2D eigenvalue weighted by atomic mass is 10.2. The van der Waals surface area contributed by atoms with E-state index in [2.05, 4.69) is 9.71 Å². The number of nitrogens with two attached hydrogens (primary N) is 1. The molecule has 19 heavy (non-hydrogen) atoms. The SMILES string of the molecule is CCc1ccc(NS(=O)(=O)c2c[nH]c(CN)c2)cc1. The molecular weight excluding hydrogens is 262 g/mol. The molecule has 0 aliphatic heterocycles. The fraction of sp³-hybridized carbons (Fsp3) is 0.231. The van der Waals surface area contributed by atoms with Gasteiger partial charge in [0.05, 0.1) is 0 Å². The third-order valence-electron chi connectivity index (χ3n) is 2.86. The summed E-state index contributed by atoms with van der Waals surface area (Å²) < 4.78 is 26.8. The van der Waals surface area contributed by atoms with E-state index in [4.69, 9.17) is 5.73 Å². The Morgan fingerprint density at radius 1 is 1.26 bits per heavy atom. The van der Waals surface area contributed by atoms with Gasteiger partial charge in [0.2, 0.25) is 0 Å². The number of rotatable bonds is 5. The maximum Gasteiger partial charge on any atom is 0.263 e. The maximum absolute atomic E-state index is 12.1. The molecule has 0 unspecified atom stereocenters. The van der Waals surface area contributed by atoms with Crippen LogP contribution in [-0.4, -0.2) is 13.4 Å². The van der Waals surface area contributed by atoms with Gasteiger partial charge >= 0.3 is 0 Å². The Morgan fingerprint density at radius 2 is 1.95 bits per heavy atom. The highest BCUT2D eigenvalue weighted by Gasteiger charge is 2.15. The number of anilines is 1. The summed E-state index contributed by atoms with van der Waals surface area (Å²) in [6.45, 7) is 2.33. The molecular formula is C13H17N3O2S. The standard InChI is InChI=1S/C13H17N3O2S/c1-2-10-3-5-11(6-4-10)16-19(17,18)13-7-12(8-14)15-9-13/h3-7,9,15-16H,2,8,14H2,1H3. The second-order valence-corrected chi connectivity index (χ2v) is 5.90. The molecule has 1 heterocycles. The van der Waals surface area contributed by atoms with Crippen LogP contribution in [0.5, 0.6) is 0 Å². The highest BCUT2D eigenvalue weighted by Crippen LogP contribution is 2.17. The van der Waals surface area contributed by atoms with Crippen LogP contribution in [0.1, 0.15) is 18.2 Å². The summed E-state index contributed by atoms with van der Waals surface area (Å²) in [7, 11) is -3.56. The third kappa shape index (κ3) is 3.15. The molecule has 0 spiro atoms. The zero-order chi connectivity index (χ0) is 13.9. The van der Waals surface area contributed by atoms with Crippen LogP contribution in [0.25, 0.3) is 0 Å². The van der Waals surface area contributed by atoms with Crippen molar-refractivity contribution in [1.29, 1.82) is 0 Å². The fourth-order valence-corrected chi connectivity index (χ4v) is 2.79. The zero-order valence-electron chi connectivity index (χ0n) is 10.7. The highest BCUT2D eigenvalue weighted by molar-refractivity contribution is 7.92. The zero-order valence-corrected chi connectivity index (χ0v) is 11.5. The Balaban J connectivity index is 2.20. The highest BCUT2D eigenvalue weighted by atomic mass is 32.2. The number of sulfonamides is 1. The lowest BCUT2D eigenvalue weighted by Crippen LogP contribution is -2.12. The van der Waals surface area contributed by atoms with E-state index in [0.29, 0.717) is 11.4 Å². The van der Waals surface area contributed by atoms with E-state index >= 15 is 0 Å². The summed E-state index contributed by atoms with van der Waals surface area (Å²) in [5.41, 5.74) is 7.84. The first kappa shape index (κ1) is 13.6. The minimum Gasteiger partial charge on any atom is -0.363 e. The molecule has 1 aromatic carbocycles. The van der Waals surface area contributed by atoms with Crippen LogP contribution in [0.15, 0.2) is 41.4 Å². The molecule has 2 aromatic rings. The van der Waals surface area contributed by atoms with Crippen molar-refractivity contribution in [3.05, 3.63) is 47.8 Å². The predicted octanol–water partition coefficient (Wildman–Crippen LogP) is 1.84. The van der Waals surface area contributed by atoms with E-state index in [9.17, 15) is 8.42 Å². The number of aromatic nitrogens is 1. The Morgan fingerprint density at radius 3 is 2.47 bits per heavy atom. The minimum atomic E-state index is -3.56. The molecule has 0 saturated heterocycles. The number of aryl methyl sites for hydroxylation is 1. The summed E-state index contributed by atoms with van der Waals surface area (Å²) in [5, 5.41) is 0. The average Bonchev–Trinajstić information content (AvgIpc) is 2.89. The van der Waals surface area contributed by atoms with Gasteiger partial charge in [0, 0.05) is 24.1 Å². The number of benzene rings is 1. The van der Waals surface area contributed by atoms with Crippen LogP contribution >= 0.6 is 0 Å². The molecule has 0 aliphatic carbocycles. The van der Waals surface area contributed by atoms with Gasteiger partial charge in [0.25, 0.3) is 10.0 Å². The molecule has 5 nitrogen and oxygen atoms in total. The van der Waals surface area contributed by atoms with Gasteiger partial charge in [-0.25, -0.2) is 8.42 Å². The third-order valence-corrected chi connectivity index (χ3v) is 4.22. The molecule has 6 heteroatoms. The molecule has 102 valence electrons. The van der Waals surface area contributed by atoms with Crippen molar-refractivity contribution < 1.29 is 8.42 Å². The quantitative estimate of drug-likeness (QED) is 0.780. The number of hydrogen-bond acceptors (Lipinski definition) is 3. The van der Waals surface area contributed by atoms with Gasteiger partial charge in [-0.3, -0.25) is 4.72 Å². The molecule has 1 aromatic heterocycles. The van der Waals surface area contributed by atoms with Crippen molar-refractivity contribution in [2.75, 3.05) is 4.72 Å². The van der Waals surface area contributed by atoms with Gasteiger partial charge in [-0.2, -0.15) is 0 Å². The Hall–Kier alpha value is -1.79. The van der Waals surface area contributed by atoms with Gasteiger partial charge < -0.3 is 10.7 Å². The van der Waals surface area contributed by atoms with Crippen LogP contribution in [-0.2, 0) is 23.0 Å². The first-order chi connectivity index (χ1) is 9.05. The smallest absolute Gasteiger partial charge is 0.263 e. The van der Waals surface area contributed by atoms with Crippen molar-refractivity contribution in [2.45, 2.75) is 24.8 Å². The van der Waals surface area contributed by atoms with Crippen molar-refractivity contribution in [2.24, 2.45) is 5.73 Å². The van der Waals surface area contributed by atoms with Gasteiger partial charge in [-0.1, -0.05) is 19.1 Å². The number of aromatic amines is 1. The van der Waals surface area contributed by atoms with Crippen molar-refractivity contribution in [3.8, 4) is 0 Å². The van der Waals surface area contributed by atoms with Crippen LogP contribution in [0.2, 0.25) is 0 Å². The second-order valence-electron chi connectivity index (χ2n) is 4.22. The molecule has 0 saturated carbocycles. The molecule has 0 fully saturated rings. The van der Waals surface area contributed by atoms with Gasteiger partial charge in [0.1, 0.15) is 4.90 Å². The molecule has 0 radical (unpaired) electrons. The van der Waals surface area contributed by atoms with Crippen LogP contribution in [0.3, 0.4) is 0 Å². The summed E-state index contributed by atoms with van der Waals surface area (Å²) in [6.07, 6.45) is 2.36. The van der Waals surface area contributed by atoms with Crippen molar-refractivity contribution in [1.82, 2.24) is 4.98 Å². The Bertz CT molecular complexity index is 645. The van der Waals surface area contributed by atoms with Crippen molar-refractivity contribution in [3.63, 3.8) is 0 Å². The van der Waals surface area contributed by atoms with Crippen molar-refractivity contribution >= 4 is 15.7 Å². The summed E-state index contributed by atoms with van der Waals surface area (Å²) in [6, 6.07) is 8.85. The average molecular weight is 279 g/mol. The first-order valence-corrected chi connectivity index (χ1v) is 7.52. The molecule has 0 aliphatic rings. The van der Waals surface area contributed by atoms with E-state index in [0.717, 1.165) is 12.0 Å². The normalized spacial score (nSPS) is 11.5. The monoisotopic (exact) mass is 279 g/mol. The predicted molar refractivity (Wildman–Crippen MR) is 75.3 cm³/mol. The minimum absolute atomic E-state index is 0.188. The van der Waals surface area contributed by atoms with Gasteiger partial charge in [0.15, 0.2) is 0 Å². The first-order valence-electron chi connectivity index (χ1n) is 6.04. The maximum atomic E-state index is 12.1. The molecule has 2 rings (SSSR count). The largest absolute Gasteiger partial charge is 0.363 e. The summed E-state index contributed by atoms with van der Waals surface area (Å²) in [5.74, 6) is 0. The lowest BCUT2D eigenvalue weighted by molar-refractivity contribution is 0.601. The number of hydrogen-bond donors (Lipinski definition) is 3. The Kier molecular flexibility index (Phi) is 3.92. The Labute approximate surface area is 112 Å². The van der Waals surface area contributed by atoms with Gasteiger partial charge in [-0.15, -0.1) is 0 Å². The van der Waals surface area contributed by atoms with E-state index in [1.807, 2.05) is 19.1 Å². The summed E-state index contributed by atoms with van der Waals surface area (Å²) >= 11 is 0. The molecule has 0 bridgehead atoms. The fourth-order valence-electron chi connectivity index (χ4n) is 1.71. The molecule has 4 N–H and O–H groups in total. The molecule has 0 amide bonds. The topological polar surface area (TPSA) is 88.0 Å². The molecule has 0 atom stereocenters. The van der Waals surface area contributed by atoms with Gasteiger partial charge in [-0.05, 0) is 30.2 Å². The van der Waals surface area contributed by atoms with E-state index in [1.165, 1.54) is 12.3 Å². The lowest BCUT2D eigenvalue weighted by Gasteiger charge is -2.06. The van der Waals surface area contributed by atoms with E-state index < -0.39 is 10.0 Å². The number of nitrogens with one attached hydrogen (secondary N) is 2. The van der Waals surface area contributed by atoms with Crippen LogP contribution in [0, 0.1) is 0 Å². The van der Waals surface area contributed by atoms with E-state index in [1.54, 1.807) is 12.1 Å². The van der Waals surface area contributed by atoms with E-state index in [-0.39, 0.29) is 11.4 Å².